The number of carbonyl (C=O) groups is 1. The molecule has 1 aliphatic rings. The van der Waals surface area contributed by atoms with Crippen molar-refractivity contribution in [3.63, 3.8) is 0 Å². The van der Waals surface area contributed by atoms with Gasteiger partial charge in [-0.05, 0) is 43.7 Å². The van der Waals surface area contributed by atoms with E-state index in [-0.39, 0.29) is 11.9 Å². The van der Waals surface area contributed by atoms with Crippen molar-refractivity contribution in [3.8, 4) is 0 Å². The average molecular weight is 365 g/mol. The predicted molar refractivity (Wildman–Crippen MR) is 91.3 cm³/mol. The number of halogens is 3. The predicted octanol–water partition coefficient (Wildman–Crippen LogP) is 4.51. The Morgan fingerprint density at radius 3 is 2.88 bits per heavy atom. The van der Waals surface area contributed by atoms with Crippen LogP contribution < -0.4 is 0 Å². The summed E-state index contributed by atoms with van der Waals surface area (Å²) in [5.41, 5.74) is -0.0379. The lowest BCUT2D eigenvalue weighted by molar-refractivity contribution is -0.138. The van der Waals surface area contributed by atoms with Crippen LogP contribution in [-0.4, -0.2) is 27.3 Å². The van der Waals surface area contributed by atoms with E-state index in [1.54, 1.807) is 18.5 Å². The molecule has 3 rings (SSSR count). The van der Waals surface area contributed by atoms with Crippen LogP contribution in [0.15, 0.2) is 36.7 Å². The van der Waals surface area contributed by atoms with Gasteiger partial charge in [0, 0.05) is 25.4 Å². The molecule has 0 spiro atoms. The SMILES string of the molecule is O=C(CCCc1cccc(C(F)(F)F)c1)N1CCCCC1c1ncc[nH]1. The molecule has 1 atom stereocenters. The molecule has 0 aliphatic carbocycles. The zero-order valence-electron chi connectivity index (χ0n) is 14.4. The summed E-state index contributed by atoms with van der Waals surface area (Å²) >= 11 is 0. The lowest BCUT2D eigenvalue weighted by Crippen LogP contribution is -2.38. The highest BCUT2D eigenvalue weighted by Gasteiger charge is 2.31. The molecule has 140 valence electrons. The van der Waals surface area contributed by atoms with E-state index in [1.807, 2.05) is 4.90 Å². The molecular weight excluding hydrogens is 343 g/mol. The van der Waals surface area contributed by atoms with Crippen molar-refractivity contribution in [1.29, 1.82) is 0 Å². The van der Waals surface area contributed by atoms with Crippen LogP contribution in [0.3, 0.4) is 0 Å². The minimum Gasteiger partial charge on any atom is -0.347 e. The molecular formula is C19H22F3N3O. The first kappa shape index (κ1) is 18.5. The number of piperidine rings is 1. The summed E-state index contributed by atoms with van der Waals surface area (Å²) < 4.78 is 38.3. The molecule has 1 aliphatic heterocycles. The number of nitrogens with one attached hydrogen (secondary N) is 1. The summed E-state index contributed by atoms with van der Waals surface area (Å²) in [7, 11) is 0. The van der Waals surface area contributed by atoms with Gasteiger partial charge in [-0.25, -0.2) is 4.98 Å². The van der Waals surface area contributed by atoms with Crippen molar-refractivity contribution in [1.82, 2.24) is 14.9 Å². The topological polar surface area (TPSA) is 49.0 Å². The number of alkyl halides is 3. The Labute approximate surface area is 150 Å². The number of amides is 1. The first-order valence-electron chi connectivity index (χ1n) is 8.90. The van der Waals surface area contributed by atoms with E-state index in [9.17, 15) is 18.0 Å². The van der Waals surface area contributed by atoms with E-state index < -0.39 is 11.7 Å². The molecule has 4 nitrogen and oxygen atoms in total. The van der Waals surface area contributed by atoms with Gasteiger partial charge in [0.2, 0.25) is 5.91 Å². The average Bonchev–Trinajstić information content (AvgIpc) is 3.16. The fourth-order valence-electron chi connectivity index (χ4n) is 3.46. The van der Waals surface area contributed by atoms with Gasteiger partial charge in [-0.3, -0.25) is 4.79 Å². The Hall–Kier alpha value is -2.31. The van der Waals surface area contributed by atoms with Gasteiger partial charge in [0.25, 0.3) is 0 Å². The van der Waals surface area contributed by atoms with E-state index in [0.717, 1.165) is 37.2 Å². The number of aryl methyl sites for hydroxylation is 1. The van der Waals surface area contributed by atoms with E-state index >= 15 is 0 Å². The van der Waals surface area contributed by atoms with Crippen LogP contribution >= 0.6 is 0 Å². The Balaban J connectivity index is 1.57. The molecule has 1 aromatic heterocycles. The molecule has 0 bridgehead atoms. The number of carbonyl (C=O) groups excluding carboxylic acids is 1. The van der Waals surface area contributed by atoms with Gasteiger partial charge in [-0.1, -0.05) is 18.2 Å². The number of imidazole rings is 1. The van der Waals surface area contributed by atoms with E-state index in [0.29, 0.717) is 31.4 Å². The van der Waals surface area contributed by atoms with Gasteiger partial charge in [-0.15, -0.1) is 0 Å². The normalized spacial score (nSPS) is 18.1. The van der Waals surface area contributed by atoms with E-state index in [4.69, 9.17) is 0 Å². The lowest BCUT2D eigenvalue weighted by Gasteiger charge is -2.34. The van der Waals surface area contributed by atoms with Crippen LogP contribution in [0.5, 0.6) is 0 Å². The second kappa shape index (κ2) is 7.93. The molecule has 2 heterocycles. The van der Waals surface area contributed by atoms with Crippen LogP contribution in [0, 0.1) is 0 Å². The molecule has 1 fully saturated rings. The maximum absolute atomic E-state index is 12.8. The fraction of sp³-hybridized carbons (Fsp3) is 0.474. The van der Waals surface area contributed by atoms with Crippen molar-refractivity contribution in [3.05, 3.63) is 53.6 Å². The summed E-state index contributed by atoms with van der Waals surface area (Å²) in [6.07, 6.45) is 3.31. The third kappa shape index (κ3) is 4.45. The second-order valence-corrected chi connectivity index (χ2v) is 6.62. The third-order valence-corrected chi connectivity index (χ3v) is 4.77. The second-order valence-electron chi connectivity index (χ2n) is 6.62. The number of nitrogens with zero attached hydrogens (tertiary/aromatic N) is 2. The first-order valence-corrected chi connectivity index (χ1v) is 8.90. The minimum atomic E-state index is -4.34. The van der Waals surface area contributed by atoms with Crippen LogP contribution in [0.25, 0.3) is 0 Å². The molecule has 7 heteroatoms. The zero-order chi connectivity index (χ0) is 18.6. The number of H-pyrrole nitrogens is 1. The van der Waals surface area contributed by atoms with Gasteiger partial charge < -0.3 is 9.88 Å². The molecule has 1 N–H and O–H groups in total. The highest BCUT2D eigenvalue weighted by molar-refractivity contribution is 5.76. The minimum absolute atomic E-state index is 0.0280. The number of rotatable bonds is 5. The Morgan fingerprint density at radius 1 is 1.31 bits per heavy atom. The summed E-state index contributed by atoms with van der Waals surface area (Å²) in [5, 5.41) is 0. The van der Waals surface area contributed by atoms with Crippen LogP contribution in [-0.2, 0) is 17.4 Å². The third-order valence-electron chi connectivity index (χ3n) is 4.77. The van der Waals surface area contributed by atoms with Crippen LogP contribution in [0.1, 0.15) is 55.1 Å². The van der Waals surface area contributed by atoms with Crippen LogP contribution in [0.2, 0.25) is 0 Å². The van der Waals surface area contributed by atoms with Gasteiger partial charge in [-0.2, -0.15) is 13.2 Å². The number of likely N-dealkylation sites (tertiary alicyclic amines) is 1. The maximum Gasteiger partial charge on any atom is 0.416 e. The summed E-state index contributed by atoms with van der Waals surface area (Å²) in [6.45, 7) is 0.702. The summed E-state index contributed by atoms with van der Waals surface area (Å²) in [4.78, 5) is 21.8. The highest BCUT2D eigenvalue weighted by atomic mass is 19.4. The first-order chi connectivity index (χ1) is 12.4. The Kier molecular flexibility index (Phi) is 5.64. The van der Waals surface area contributed by atoms with Crippen molar-refractivity contribution < 1.29 is 18.0 Å². The monoisotopic (exact) mass is 365 g/mol. The summed E-state index contributed by atoms with van der Waals surface area (Å²) in [6, 6.07) is 5.29. The molecule has 1 unspecified atom stereocenters. The molecule has 0 radical (unpaired) electrons. The molecule has 1 aromatic carbocycles. The molecule has 2 aromatic rings. The quantitative estimate of drug-likeness (QED) is 0.848. The van der Waals surface area contributed by atoms with Crippen molar-refractivity contribution in [2.24, 2.45) is 0 Å². The standard InChI is InChI=1S/C19H22F3N3O/c20-19(21,22)15-7-3-5-14(13-15)6-4-9-17(26)25-12-2-1-8-16(25)18-23-10-11-24-18/h3,5,7,10-11,13,16H,1-2,4,6,8-9,12H2,(H,23,24). The van der Waals surface area contributed by atoms with E-state index in [2.05, 4.69) is 9.97 Å². The number of aromatic nitrogens is 2. The smallest absolute Gasteiger partial charge is 0.347 e. The number of aromatic amines is 1. The van der Waals surface area contributed by atoms with Crippen molar-refractivity contribution in [2.75, 3.05) is 6.54 Å². The zero-order valence-corrected chi connectivity index (χ0v) is 14.4. The van der Waals surface area contributed by atoms with Crippen LogP contribution in [0.4, 0.5) is 13.2 Å². The van der Waals surface area contributed by atoms with E-state index in [1.165, 1.54) is 6.07 Å². The molecule has 1 saturated heterocycles. The highest BCUT2D eigenvalue weighted by Crippen LogP contribution is 2.31. The Bertz CT molecular complexity index is 728. The Morgan fingerprint density at radius 2 is 2.15 bits per heavy atom. The number of benzene rings is 1. The van der Waals surface area contributed by atoms with Crippen molar-refractivity contribution in [2.45, 2.75) is 50.7 Å². The molecule has 1 amide bonds. The molecule has 0 saturated carbocycles. The number of hydrogen-bond donors (Lipinski definition) is 1. The maximum atomic E-state index is 12.8. The van der Waals surface area contributed by atoms with Gasteiger partial charge in [0.15, 0.2) is 0 Å². The van der Waals surface area contributed by atoms with Gasteiger partial charge in [0.05, 0.1) is 11.6 Å². The van der Waals surface area contributed by atoms with Gasteiger partial charge >= 0.3 is 6.18 Å². The van der Waals surface area contributed by atoms with Gasteiger partial charge in [0.1, 0.15) is 5.82 Å². The molecule has 26 heavy (non-hydrogen) atoms. The lowest BCUT2D eigenvalue weighted by atomic mass is 10.00. The van der Waals surface area contributed by atoms with Crippen molar-refractivity contribution >= 4 is 5.91 Å². The fourth-order valence-corrected chi connectivity index (χ4v) is 3.46. The summed E-state index contributed by atoms with van der Waals surface area (Å²) in [5.74, 6) is 0.842. The number of hydrogen-bond acceptors (Lipinski definition) is 2. The largest absolute Gasteiger partial charge is 0.416 e.